The molecule has 0 spiro atoms. The first-order chi connectivity index (χ1) is 5.04. The minimum atomic E-state index is -0.0112. The van der Waals surface area contributed by atoms with Gasteiger partial charge in [0.05, 0.1) is 0 Å². The third kappa shape index (κ3) is 1.42. The highest BCUT2D eigenvalue weighted by Crippen LogP contribution is 2.34. The molecule has 0 aliphatic heterocycles. The predicted molar refractivity (Wildman–Crippen MR) is 52.0 cm³/mol. The number of halogens is 1. The van der Waals surface area contributed by atoms with Crippen LogP contribution in [-0.4, -0.2) is 10.2 Å². The first-order valence-corrected chi connectivity index (χ1v) is 4.29. The first kappa shape index (κ1) is 8.64. The monoisotopic (exact) mass is 264 g/mol. The van der Waals surface area contributed by atoms with E-state index < -0.39 is 0 Å². The Morgan fingerprint density at radius 1 is 1.18 bits per heavy atom. The molecule has 0 heterocycles. The highest BCUT2D eigenvalue weighted by Gasteiger charge is 2.08. The summed E-state index contributed by atoms with van der Waals surface area (Å²) in [5, 5.41) is 18.6. The lowest BCUT2D eigenvalue weighted by Gasteiger charge is -2.06. The summed E-state index contributed by atoms with van der Waals surface area (Å²) in [5.74, 6) is -0.0164. The summed E-state index contributed by atoms with van der Waals surface area (Å²) in [6, 6.07) is 1.84. The van der Waals surface area contributed by atoms with Crippen LogP contribution in [0.1, 0.15) is 11.1 Å². The molecule has 0 saturated carbocycles. The van der Waals surface area contributed by atoms with Crippen molar-refractivity contribution in [3.05, 3.63) is 20.8 Å². The first-order valence-electron chi connectivity index (χ1n) is 3.21. The minimum absolute atomic E-state index is 0.00519. The number of phenols is 2. The molecule has 0 radical (unpaired) electrons. The van der Waals surface area contributed by atoms with Crippen molar-refractivity contribution in [3.63, 3.8) is 0 Å². The quantitative estimate of drug-likeness (QED) is 0.557. The van der Waals surface area contributed by atoms with E-state index in [0.717, 1.165) is 9.13 Å². The molecule has 3 heteroatoms. The lowest BCUT2D eigenvalue weighted by Crippen LogP contribution is -1.84. The average molecular weight is 264 g/mol. The van der Waals surface area contributed by atoms with Crippen LogP contribution >= 0.6 is 22.6 Å². The summed E-state index contributed by atoms with van der Waals surface area (Å²) in [7, 11) is 0. The molecule has 0 atom stereocenters. The van der Waals surface area contributed by atoms with Crippen LogP contribution < -0.4 is 0 Å². The van der Waals surface area contributed by atoms with Crippen LogP contribution in [0.3, 0.4) is 0 Å². The van der Waals surface area contributed by atoms with Crippen molar-refractivity contribution in [1.82, 2.24) is 0 Å². The Bertz CT molecular complexity index is 268. The molecular weight excluding hydrogens is 255 g/mol. The fourth-order valence-electron chi connectivity index (χ4n) is 0.844. The Balaban J connectivity index is 3.46. The number of rotatable bonds is 0. The normalized spacial score (nSPS) is 10.1. The van der Waals surface area contributed by atoms with Gasteiger partial charge in [-0.1, -0.05) is 0 Å². The van der Waals surface area contributed by atoms with Gasteiger partial charge in [0.15, 0.2) is 11.5 Å². The second-order valence-corrected chi connectivity index (χ2v) is 3.66. The van der Waals surface area contributed by atoms with E-state index in [9.17, 15) is 10.2 Å². The number of hydrogen-bond donors (Lipinski definition) is 2. The van der Waals surface area contributed by atoms with Crippen molar-refractivity contribution in [1.29, 1.82) is 0 Å². The van der Waals surface area contributed by atoms with Crippen molar-refractivity contribution in [2.45, 2.75) is 13.8 Å². The smallest absolute Gasteiger partial charge is 0.161 e. The molecule has 0 amide bonds. The molecule has 0 bridgehead atoms. The van der Waals surface area contributed by atoms with Crippen LogP contribution in [-0.2, 0) is 0 Å². The maximum Gasteiger partial charge on any atom is 0.161 e. The van der Waals surface area contributed by atoms with Crippen molar-refractivity contribution in [2.24, 2.45) is 0 Å². The number of benzene rings is 1. The number of aryl methyl sites for hydroxylation is 1. The molecule has 60 valence electrons. The molecule has 1 aromatic rings. The Hall–Kier alpha value is -0.450. The maximum atomic E-state index is 9.31. The fourth-order valence-corrected chi connectivity index (χ4v) is 1.57. The third-order valence-corrected chi connectivity index (χ3v) is 2.77. The van der Waals surface area contributed by atoms with Gasteiger partial charge in [0, 0.05) is 9.13 Å². The maximum absolute atomic E-state index is 9.31. The molecule has 2 nitrogen and oxygen atoms in total. The van der Waals surface area contributed by atoms with Crippen molar-refractivity contribution >= 4 is 22.6 Å². The van der Waals surface area contributed by atoms with Gasteiger partial charge in [0.25, 0.3) is 0 Å². The Kier molecular flexibility index (Phi) is 2.27. The fraction of sp³-hybridized carbons (Fsp3) is 0.250. The lowest BCUT2D eigenvalue weighted by atomic mass is 10.1. The van der Waals surface area contributed by atoms with E-state index in [1.807, 2.05) is 6.07 Å². The van der Waals surface area contributed by atoms with E-state index in [1.54, 1.807) is 13.8 Å². The van der Waals surface area contributed by atoms with E-state index in [2.05, 4.69) is 22.6 Å². The summed E-state index contributed by atoms with van der Waals surface area (Å²) < 4.78 is 0.968. The molecule has 2 N–H and O–H groups in total. The minimum Gasteiger partial charge on any atom is -0.504 e. The van der Waals surface area contributed by atoms with E-state index in [4.69, 9.17) is 0 Å². The zero-order chi connectivity index (χ0) is 8.59. The van der Waals surface area contributed by atoms with Crippen LogP contribution in [0.4, 0.5) is 0 Å². The second-order valence-electron chi connectivity index (χ2n) is 2.50. The Labute approximate surface area is 79.0 Å². The molecule has 0 aromatic heterocycles. The van der Waals surface area contributed by atoms with Gasteiger partial charge in [0.2, 0.25) is 0 Å². The molecular formula is C8H9IO2. The van der Waals surface area contributed by atoms with Crippen molar-refractivity contribution in [3.8, 4) is 11.5 Å². The Morgan fingerprint density at radius 2 is 1.73 bits per heavy atom. The van der Waals surface area contributed by atoms with Crippen LogP contribution in [0, 0.1) is 17.4 Å². The summed E-state index contributed by atoms with van der Waals surface area (Å²) in [6.07, 6.45) is 0. The van der Waals surface area contributed by atoms with Gasteiger partial charge >= 0.3 is 0 Å². The van der Waals surface area contributed by atoms with Crippen molar-refractivity contribution in [2.75, 3.05) is 0 Å². The zero-order valence-electron chi connectivity index (χ0n) is 6.35. The van der Waals surface area contributed by atoms with E-state index in [1.165, 1.54) is 0 Å². The molecule has 0 unspecified atom stereocenters. The van der Waals surface area contributed by atoms with E-state index in [-0.39, 0.29) is 11.5 Å². The van der Waals surface area contributed by atoms with Crippen LogP contribution in [0.5, 0.6) is 11.5 Å². The third-order valence-electron chi connectivity index (χ3n) is 1.65. The summed E-state index contributed by atoms with van der Waals surface area (Å²) >= 11 is 2.12. The topological polar surface area (TPSA) is 40.5 Å². The number of hydrogen-bond acceptors (Lipinski definition) is 2. The van der Waals surface area contributed by atoms with Gasteiger partial charge in [0.1, 0.15) is 0 Å². The molecule has 1 aromatic carbocycles. The lowest BCUT2D eigenvalue weighted by molar-refractivity contribution is 0.398. The molecule has 0 aliphatic carbocycles. The summed E-state index contributed by atoms with van der Waals surface area (Å²) in [6.45, 7) is 3.53. The standard InChI is InChI=1S/C8H9IO2/c1-4-3-6(9)5(2)8(11)7(4)10/h3,10-11H,1-2H3. The highest BCUT2D eigenvalue weighted by atomic mass is 127. The van der Waals surface area contributed by atoms with Crippen molar-refractivity contribution < 1.29 is 10.2 Å². The molecule has 0 saturated heterocycles. The van der Waals surface area contributed by atoms with E-state index in [0.29, 0.717) is 5.56 Å². The summed E-state index contributed by atoms with van der Waals surface area (Å²) in [4.78, 5) is 0. The average Bonchev–Trinajstić information content (AvgIpc) is 1.97. The zero-order valence-corrected chi connectivity index (χ0v) is 8.51. The molecule has 11 heavy (non-hydrogen) atoms. The van der Waals surface area contributed by atoms with Crippen LogP contribution in [0.25, 0.3) is 0 Å². The molecule has 1 rings (SSSR count). The van der Waals surface area contributed by atoms with E-state index >= 15 is 0 Å². The van der Waals surface area contributed by atoms with Gasteiger partial charge in [-0.05, 0) is 48.1 Å². The molecule has 0 aliphatic rings. The number of phenolic OH excluding ortho intramolecular Hbond substituents is 2. The molecule has 0 fully saturated rings. The highest BCUT2D eigenvalue weighted by molar-refractivity contribution is 14.1. The SMILES string of the molecule is Cc1cc(I)c(C)c(O)c1O. The Morgan fingerprint density at radius 3 is 2.27 bits per heavy atom. The van der Waals surface area contributed by atoms with Crippen LogP contribution in [0.15, 0.2) is 6.07 Å². The second kappa shape index (κ2) is 2.89. The largest absolute Gasteiger partial charge is 0.504 e. The predicted octanol–water partition coefficient (Wildman–Crippen LogP) is 2.32. The summed E-state index contributed by atoms with van der Waals surface area (Å²) in [5.41, 5.74) is 1.44. The number of aromatic hydroxyl groups is 2. The van der Waals surface area contributed by atoms with Gasteiger partial charge in [-0.3, -0.25) is 0 Å². The van der Waals surface area contributed by atoms with Gasteiger partial charge in [-0.2, -0.15) is 0 Å². The van der Waals surface area contributed by atoms with Gasteiger partial charge in [-0.25, -0.2) is 0 Å². The van der Waals surface area contributed by atoms with Crippen LogP contribution in [0.2, 0.25) is 0 Å². The van der Waals surface area contributed by atoms with Gasteiger partial charge < -0.3 is 10.2 Å². The van der Waals surface area contributed by atoms with Gasteiger partial charge in [-0.15, -0.1) is 0 Å².